The summed E-state index contributed by atoms with van der Waals surface area (Å²) < 4.78 is 1.72. The van der Waals surface area contributed by atoms with Gasteiger partial charge in [0.25, 0.3) is 5.91 Å². The number of para-hydroxylation sites is 1. The van der Waals surface area contributed by atoms with Gasteiger partial charge in [-0.1, -0.05) is 25.1 Å². The maximum atomic E-state index is 12.3. The van der Waals surface area contributed by atoms with Gasteiger partial charge in [-0.05, 0) is 31.0 Å². The van der Waals surface area contributed by atoms with Crippen LogP contribution in [0.2, 0.25) is 0 Å². The van der Waals surface area contributed by atoms with Gasteiger partial charge in [-0.25, -0.2) is 4.68 Å². The summed E-state index contributed by atoms with van der Waals surface area (Å²) in [5.41, 5.74) is 1.54. The molecular formula is C16H20N4O. The van der Waals surface area contributed by atoms with Gasteiger partial charge in [0.15, 0.2) is 0 Å². The molecule has 1 aromatic carbocycles. The van der Waals surface area contributed by atoms with Gasteiger partial charge < -0.3 is 10.6 Å². The first kappa shape index (κ1) is 13.8. The van der Waals surface area contributed by atoms with Crippen LogP contribution in [0.1, 0.15) is 23.7 Å². The van der Waals surface area contributed by atoms with E-state index in [0.717, 1.165) is 25.2 Å². The largest absolute Gasteiger partial charge is 0.348 e. The first-order chi connectivity index (χ1) is 10.2. The number of benzene rings is 1. The van der Waals surface area contributed by atoms with Crippen molar-refractivity contribution >= 4 is 5.91 Å². The second-order valence-electron chi connectivity index (χ2n) is 5.68. The van der Waals surface area contributed by atoms with Gasteiger partial charge in [-0.3, -0.25) is 4.79 Å². The monoisotopic (exact) mass is 284 g/mol. The van der Waals surface area contributed by atoms with Crippen molar-refractivity contribution in [2.45, 2.75) is 19.4 Å². The minimum Gasteiger partial charge on any atom is -0.348 e. The average molecular weight is 284 g/mol. The number of hydrogen-bond acceptors (Lipinski definition) is 3. The van der Waals surface area contributed by atoms with E-state index >= 15 is 0 Å². The molecule has 1 aliphatic rings. The molecule has 0 saturated carbocycles. The fourth-order valence-electron chi connectivity index (χ4n) is 2.70. The molecule has 110 valence electrons. The maximum Gasteiger partial charge on any atom is 0.254 e. The van der Waals surface area contributed by atoms with Crippen LogP contribution in [-0.4, -0.2) is 34.8 Å². The SMILES string of the molecule is CC1CNCC(NC(=O)c2cnn(-c3ccccc3)c2)C1. The lowest BCUT2D eigenvalue weighted by Gasteiger charge is -2.28. The molecule has 0 aliphatic carbocycles. The van der Waals surface area contributed by atoms with Crippen molar-refractivity contribution in [2.75, 3.05) is 13.1 Å². The number of nitrogens with zero attached hydrogens (tertiary/aromatic N) is 2. The van der Waals surface area contributed by atoms with Gasteiger partial charge in [0, 0.05) is 18.8 Å². The predicted molar refractivity (Wildman–Crippen MR) is 81.5 cm³/mol. The molecular weight excluding hydrogens is 264 g/mol. The quantitative estimate of drug-likeness (QED) is 0.900. The van der Waals surface area contributed by atoms with Crippen molar-refractivity contribution in [2.24, 2.45) is 5.92 Å². The van der Waals surface area contributed by atoms with E-state index in [1.165, 1.54) is 0 Å². The van der Waals surface area contributed by atoms with E-state index in [0.29, 0.717) is 11.5 Å². The third-order valence-electron chi connectivity index (χ3n) is 3.77. The third kappa shape index (κ3) is 3.31. The smallest absolute Gasteiger partial charge is 0.254 e. The molecule has 2 aromatic rings. The molecule has 5 nitrogen and oxygen atoms in total. The Morgan fingerprint density at radius 1 is 1.33 bits per heavy atom. The standard InChI is InChI=1S/C16H20N4O/c1-12-7-14(10-17-8-12)19-16(21)13-9-18-20(11-13)15-5-3-2-4-6-15/h2-6,9,11-12,14,17H,7-8,10H2,1H3,(H,19,21). The number of rotatable bonds is 3. The van der Waals surface area contributed by atoms with E-state index in [-0.39, 0.29) is 11.9 Å². The maximum absolute atomic E-state index is 12.3. The van der Waals surface area contributed by atoms with Gasteiger partial charge in [-0.15, -0.1) is 0 Å². The van der Waals surface area contributed by atoms with Crippen molar-refractivity contribution in [3.05, 3.63) is 48.3 Å². The summed E-state index contributed by atoms with van der Waals surface area (Å²) >= 11 is 0. The van der Waals surface area contributed by atoms with Crippen LogP contribution in [0, 0.1) is 5.92 Å². The number of aromatic nitrogens is 2. The molecule has 21 heavy (non-hydrogen) atoms. The number of hydrogen-bond donors (Lipinski definition) is 2. The van der Waals surface area contributed by atoms with Crippen molar-refractivity contribution in [1.29, 1.82) is 0 Å². The molecule has 1 amide bonds. The molecule has 0 spiro atoms. The number of nitrogens with one attached hydrogen (secondary N) is 2. The lowest BCUT2D eigenvalue weighted by atomic mass is 9.97. The van der Waals surface area contributed by atoms with Gasteiger partial charge in [0.1, 0.15) is 0 Å². The van der Waals surface area contributed by atoms with Crippen LogP contribution in [-0.2, 0) is 0 Å². The predicted octanol–water partition coefficient (Wildman–Crippen LogP) is 1.60. The summed E-state index contributed by atoms with van der Waals surface area (Å²) in [4.78, 5) is 12.3. The fourth-order valence-corrected chi connectivity index (χ4v) is 2.70. The summed E-state index contributed by atoms with van der Waals surface area (Å²) in [5.74, 6) is 0.536. The van der Waals surface area contributed by atoms with Crippen LogP contribution in [0.15, 0.2) is 42.7 Å². The molecule has 0 bridgehead atoms. The van der Waals surface area contributed by atoms with Crippen LogP contribution < -0.4 is 10.6 Å². The number of piperidine rings is 1. The zero-order valence-electron chi connectivity index (χ0n) is 12.1. The highest BCUT2D eigenvalue weighted by atomic mass is 16.1. The molecule has 1 saturated heterocycles. The fraction of sp³-hybridized carbons (Fsp3) is 0.375. The first-order valence-corrected chi connectivity index (χ1v) is 7.34. The summed E-state index contributed by atoms with van der Waals surface area (Å²) in [6.45, 7) is 4.06. The van der Waals surface area contributed by atoms with Crippen LogP contribution in [0.3, 0.4) is 0 Å². The molecule has 2 atom stereocenters. The third-order valence-corrected chi connectivity index (χ3v) is 3.77. The topological polar surface area (TPSA) is 58.9 Å². The number of carbonyl (C=O) groups excluding carboxylic acids is 1. The average Bonchev–Trinajstić information content (AvgIpc) is 2.98. The Hall–Kier alpha value is -2.14. The first-order valence-electron chi connectivity index (χ1n) is 7.34. The molecule has 1 aliphatic heterocycles. The highest BCUT2D eigenvalue weighted by Gasteiger charge is 2.21. The molecule has 5 heteroatoms. The van der Waals surface area contributed by atoms with E-state index in [4.69, 9.17) is 0 Å². The summed E-state index contributed by atoms with van der Waals surface area (Å²) in [7, 11) is 0. The van der Waals surface area contributed by atoms with E-state index in [9.17, 15) is 4.79 Å². The van der Waals surface area contributed by atoms with E-state index in [1.54, 1.807) is 17.1 Å². The number of amides is 1. The molecule has 0 radical (unpaired) electrons. The van der Waals surface area contributed by atoms with Gasteiger partial charge >= 0.3 is 0 Å². The van der Waals surface area contributed by atoms with Crippen molar-refractivity contribution in [1.82, 2.24) is 20.4 Å². The minimum atomic E-state index is -0.0573. The lowest BCUT2D eigenvalue weighted by molar-refractivity contribution is 0.0925. The Balaban J connectivity index is 1.67. The van der Waals surface area contributed by atoms with E-state index in [2.05, 4.69) is 22.7 Å². The Morgan fingerprint density at radius 3 is 2.90 bits per heavy atom. The summed E-state index contributed by atoms with van der Waals surface area (Å²) in [6, 6.07) is 9.97. The van der Waals surface area contributed by atoms with Crippen molar-refractivity contribution in [3.8, 4) is 5.69 Å². The molecule has 2 N–H and O–H groups in total. The Morgan fingerprint density at radius 2 is 2.14 bits per heavy atom. The Kier molecular flexibility index (Phi) is 4.01. The Bertz CT molecular complexity index is 608. The van der Waals surface area contributed by atoms with Crippen molar-refractivity contribution in [3.63, 3.8) is 0 Å². The summed E-state index contributed by atoms with van der Waals surface area (Å²) in [6.07, 6.45) is 4.40. The van der Waals surface area contributed by atoms with Gasteiger partial charge in [-0.2, -0.15) is 5.10 Å². The molecule has 3 rings (SSSR count). The molecule has 1 aromatic heterocycles. The molecule has 2 unspecified atom stereocenters. The lowest BCUT2D eigenvalue weighted by Crippen LogP contribution is -2.48. The molecule has 1 fully saturated rings. The molecule has 2 heterocycles. The summed E-state index contributed by atoms with van der Waals surface area (Å²) in [5, 5.41) is 10.7. The minimum absolute atomic E-state index is 0.0573. The zero-order chi connectivity index (χ0) is 14.7. The highest BCUT2D eigenvalue weighted by molar-refractivity contribution is 5.94. The van der Waals surface area contributed by atoms with Crippen LogP contribution >= 0.6 is 0 Å². The van der Waals surface area contributed by atoms with Gasteiger partial charge in [0.05, 0.1) is 17.4 Å². The van der Waals surface area contributed by atoms with Crippen LogP contribution in [0.5, 0.6) is 0 Å². The second kappa shape index (κ2) is 6.10. The van der Waals surface area contributed by atoms with E-state index in [1.807, 2.05) is 30.3 Å². The highest BCUT2D eigenvalue weighted by Crippen LogP contribution is 2.11. The Labute approximate surface area is 124 Å². The normalized spacial score (nSPS) is 22.0. The number of carbonyl (C=O) groups is 1. The van der Waals surface area contributed by atoms with Crippen LogP contribution in [0.25, 0.3) is 5.69 Å². The van der Waals surface area contributed by atoms with Crippen LogP contribution in [0.4, 0.5) is 0 Å². The van der Waals surface area contributed by atoms with E-state index < -0.39 is 0 Å². The second-order valence-corrected chi connectivity index (χ2v) is 5.68. The van der Waals surface area contributed by atoms with Crippen molar-refractivity contribution < 1.29 is 4.79 Å². The zero-order valence-corrected chi connectivity index (χ0v) is 12.1. The van der Waals surface area contributed by atoms with Gasteiger partial charge in [0.2, 0.25) is 0 Å².